The maximum absolute atomic E-state index is 11.2. The summed E-state index contributed by atoms with van der Waals surface area (Å²) in [5, 5.41) is 10.5. The zero-order valence-electron chi connectivity index (χ0n) is 7.30. The van der Waals surface area contributed by atoms with E-state index in [1.54, 1.807) is 0 Å². The molecule has 0 radical (unpaired) electrons. The van der Waals surface area contributed by atoms with Crippen LogP contribution < -0.4 is 0 Å². The van der Waals surface area contributed by atoms with E-state index in [0.717, 1.165) is 0 Å². The molecule has 1 aromatic rings. The summed E-state index contributed by atoms with van der Waals surface area (Å²) in [6.45, 7) is 0. The highest BCUT2D eigenvalue weighted by Crippen LogP contribution is 2.36. The molecule has 80 valence electrons. The molecule has 0 aliphatic carbocycles. The van der Waals surface area contributed by atoms with Crippen LogP contribution in [0.2, 0.25) is 0 Å². The van der Waals surface area contributed by atoms with Crippen LogP contribution in [-0.2, 0) is 21.3 Å². The molecule has 1 aromatic heterocycles. The van der Waals surface area contributed by atoms with Crippen LogP contribution in [0.5, 0.6) is 0 Å². The van der Waals surface area contributed by atoms with Gasteiger partial charge in [0.25, 0.3) is 0 Å². The van der Waals surface area contributed by atoms with Crippen molar-refractivity contribution in [3.8, 4) is 0 Å². The fraction of sp³-hybridized carbons (Fsp3) is 0.286. The first-order chi connectivity index (χ1) is 6.94. The van der Waals surface area contributed by atoms with E-state index in [0.29, 0.717) is 0 Å². The summed E-state index contributed by atoms with van der Waals surface area (Å²) < 4.78 is 27.1. The van der Waals surface area contributed by atoms with E-state index in [2.05, 4.69) is 4.42 Å². The van der Waals surface area contributed by atoms with Crippen molar-refractivity contribution in [2.24, 2.45) is 0 Å². The third-order valence-electron chi connectivity index (χ3n) is 2.13. The average Bonchev–Trinajstić information content (AvgIpc) is 2.57. The van der Waals surface area contributed by atoms with Gasteiger partial charge in [0, 0.05) is 5.56 Å². The maximum Gasteiger partial charge on any atom is 0.438 e. The number of furan rings is 1. The van der Waals surface area contributed by atoms with Crippen molar-refractivity contribution in [3.05, 3.63) is 27.0 Å². The second-order valence-corrected chi connectivity index (χ2v) is 5.20. The molecule has 0 aromatic carbocycles. The summed E-state index contributed by atoms with van der Waals surface area (Å²) in [7, 11) is -3.37. The molecular weight excluding hydrogens is 226 g/mol. The Labute approximate surface area is 83.8 Å². The lowest BCUT2D eigenvalue weighted by Gasteiger charge is -1.90. The van der Waals surface area contributed by atoms with Crippen LogP contribution in [0.3, 0.4) is 0 Å². The zero-order valence-corrected chi connectivity index (χ0v) is 8.11. The molecule has 0 saturated heterocycles. The molecule has 15 heavy (non-hydrogen) atoms. The van der Waals surface area contributed by atoms with Crippen molar-refractivity contribution in [1.82, 2.24) is 0 Å². The highest BCUT2D eigenvalue weighted by atomic mass is 32.2. The van der Waals surface area contributed by atoms with Crippen molar-refractivity contribution in [2.75, 3.05) is 0 Å². The number of rotatable bonds is 2. The van der Waals surface area contributed by atoms with E-state index in [-0.39, 0.29) is 28.9 Å². The average molecular weight is 231 g/mol. The summed E-state index contributed by atoms with van der Waals surface area (Å²) >= 11 is 0. The normalized spacial score (nSPS) is 17.3. The van der Waals surface area contributed by atoms with Gasteiger partial charge in [-0.1, -0.05) is 0 Å². The fourth-order valence-electron chi connectivity index (χ4n) is 1.55. The fourth-order valence-corrected chi connectivity index (χ4v) is 3.14. The van der Waals surface area contributed by atoms with Crippen molar-refractivity contribution in [2.45, 2.75) is 11.5 Å². The van der Waals surface area contributed by atoms with Gasteiger partial charge < -0.3 is 4.42 Å². The Kier molecular flexibility index (Phi) is 1.90. The Hall–Kier alpha value is -1.70. The Morgan fingerprint density at radius 2 is 1.93 bits per heavy atom. The largest absolute Gasteiger partial charge is 0.438 e. The van der Waals surface area contributed by atoms with Gasteiger partial charge in [0.1, 0.15) is 4.92 Å². The SMILES string of the molecule is O=Cc1oc([N+](=O)[O-])c2c1CS(=O)(=O)C2. The highest BCUT2D eigenvalue weighted by molar-refractivity contribution is 7.90. The van der Waals surface area contributed by atoms with Crippen molar-refractivity contribution in [3.63, 3.8) is 0 Å². The first-order valence-corrected chi connectivity index (χ1v) is 5.71. The maximum atomic E-state index is 11.2. The third kappa shape index (κ3) is 1.42. The first kappa shape index (κ1) is 9.84. The quantitative estimate of drug-likeness (QED) is 0.415. The second-order valence-electron chi connectivity index (χ2n) is 3.14. The van der Waals surface area contributed by atoms with Crippen LogP contribution in [-0.4, -0.2) is 19.6 Å². The minimum absolute atomic E-state index is 0.00194. The van der Waals surface area contributed by atoms with E-state index < -0.39 is 26.4 Å². The number of nitrogens with zero attached hydrogens (tertiary/aromatic N) is 1. The van der Waals surface area contributed by atoms with Gasteiger partial charge in [-0.3, -0.25) is 14.9 Å². The van der Waals surface area contributed by atoms with Gasteiger partial charge in [-0.15, -0.1) is 0 Å². The smallest absolute Gasteiger partial charge is 0.397 e. The number of fused-ring (bicyclic) bond motifs is 1. The monoisotopic (exact) mass is 231 g/mol. The van der Waals surface area contributed by atoms with Gasteiger partial charge in [-0.05, 0) is 0 Å². The van der Waals surface area contributed by atoms with Crippen LogP contribution in [0.25, 0.3) is 0 Å². The summed E-state index contributed by atoms with van der Waals surface area (Å²) in [5.41, 5.74) is 0.124. The Morgan fingerprint density at radius 1 is 1.33 bits per heavy atom. The zero-order chi connectivity index (χ0) is 11.2. The Balaban J connectivity index is 2.67. The molecule has 1 aliphatic heterocycles. The predicted molar refractivity (Wildman–Crippen MR) is 47.1 cm³/mol. The van der Waals surface area contributed by atoms with Crippen LogP contribution in [0, 0.1) is 10.1 Å². The molecule has 0 bridgehead atoms. The van der Waals surface area contributed by atoms with Crippen molar-refractivity contribution >= 4 is 22.0 Å². The van der Waals surface area contributed by atoms with Crippen LogP contribution >= 0.6 is 0 Å². The number of nitro groups is 1. The number of sulfone groups is 1. The van der Waals surface area contributed by atoms with Crippen LogP contribution in [0.1, 0.15) is 21.7 Å². The number of aldehydes is 1. The van der Waals surface area contributed by atoms with E-state index in [1.807, 2.05) is 0 Å². The second kappa shape index (κ2) is 2.89. The van der Waals surface area contributed by atoms with Gasteiger partial charge in [-0.2, -0.15) is 0 Å². The third-order valence-corrected chi connectivity index (χ3v) is 3.58. The molecule has 0 saturated carbocycles. The summed E-state index contributed by atoms with van der Waals surface area (Å²) in [6, 6.07) is 0. The molecular formula is C7H5NO6S. The topological polar surface area (TPSA) is 107 Å². The molecule has 0 unspecified atom stereocenters. The minimum atomic E-state index is -3.37. The Bertz CT molecular complexity index is 554. The highest BCUT2D eigenvalue weighted by Gasteiger charge is 2.38. The van der Waals surface area contributed by atoms with Gasteiger partial charge in [0.2, 0.25) is 0 Å². The molecule has 7 nitrogen and oxygen atoms in total. The lowest BCUT2D eigenvalue weighted by atomic mass is 10.2. The van der Waals surface area contributed by atoms with Gasteiger partial charge in [0.15, 0.2) is 21.9 Å². The van der Waals surface area contributed by atoms with Gasteiger partial charge in [-0.25, -0.2) is 8.42 Å². The summed E-state index contributed by atoms with van der Waals surface area (Å²) in [6.07, 6.45) is 0.284. The van der Waals surface area contributed by atoms with Crippen molar-refractivity contribution < 1.29 is 22.6 Å². The van der Waals surface area contributed by atoms with E-state index in [4.69, 9.17) is 0 Å². The lowest BCUT2D eigenvalue weighted by molar-refractivity contribution is -0.402. The van der Waals surface area contributed by atoms with Gasteiger partial charge in [0.05, 0.1) is 17.1 Å². The standard InChI is InChI=1S/C7H5NO6S/c9-1-6-4-2-15(12,13)3-5(4)7(14-6)8(10)11/h1H,2-3H2. The molecule has 2 rings (SSSR count). The molecule has 1 aliphatic rings. The van der Waals surface area contributed by atoms with Gasteiger partial charge >= 0.3 is 5.88 Å². The predicted octanol–water partition coefficient (Wildman–Crippen LogP) is 0.429. The van der Waals surface area contributed by atoms with E-state index in [9.17, 15) is 23.3 Å². The minimum Gasteiger partial charge on any atom is -0.397 e. The molecule has 0 amide bonds. The number of hydrogen-bond acceptors (Lipinski definition) is 6. The summed E-state index contributed by atoms with van der Waals surface area (Å²) in [5.74, 6) is -1.71. The Morgan fingerprint density at radius 3 is 2.47 bits per heavy atom. The number of hydrogen-bond donors (Lipinski definition) is 0. The molecule has 8 heteroatoms. The molecule has 0 atom stereocenters. The first-order valence-electron chi connectivity index (χ1n) is 3.89. The van der Waals surface area contributed by atoms with Crippen LogP contribution in [0.4, 0.5) is 5.88 Å². The number of carbonyl (C=O) groups excluding carboxylic acids is 1. The molecule has 0 fully saturated rings. The van der Waals surface area contributed by atoms with Crippen molar-refractivity contribution in [1.29, 1.82) is 0 Å². The molecule has 0 N–H and O–H groups in total. The molecule has 0 spiro atoms. The van der Waals surface area contributed by atoms with Crippen LogP contribution in [0.15, 0.2) is 4.42 Å². The lowest BCUT2D eigenvalue weighted by Crippen LogP contribution is -1.98. The number of carbonyl (C=O) groups is 1. The summed E-state index contributed by atoms with van der Waals surface area (Å²) in [4.78, 5) is 20.2. The van der Waals surface area contributed by atoms with E-state index >= 15 is 0 Å². The van der Waals surface area contributed by atoms with E-state index in [1.165, 1.54) is 0 Å². The molecule has 2 heterocycles.